The van der Waals surface area contributed by atoms with Gasteiger partial charge >= 0.3 is 0 Å². The highest BCUT2D eigenvalue weighted by atomic mass is 32.1. The minimum absolute atomic E-state index is 0.413. The molecule has 0 unspecified atom stereocenters. The predicted molar refractivity (Wildman–Crippen MR) is 87.4 cm³/mol. The fraction of sp³-hybridized carbons (Fsp3) is 0.188. The van der Waals surface area contributed by atoms with Gasteiger partial charge in [-0.15, -0.1) is 0 Å². The molecule has 0 spiro atoms. The lowest BCUT2D eigenvalue weighted by atomic mass is 10.1. The largest absolute Gasteiger partial charge is 0.489 e. The third-order valence-corrected chi connectivity index (χ3v) is 3.21. The third-order valence-electron chi connectivity index (χ3n) is 2.98. The summed E-state index contributed by atoms with van der Waals surface area (Å²) in [6.07, 6.45) is 0. The second-order valence-corrected chi connectivity index (χ2v) is 5.18. The molecule has 0 heterocycles. The summed E-state index contributed by atoms with van der Waals surface area (Å²) in [7, 11) is 4.01. The Morgan fingerprint density at radius 1 is 1.15 bits per heavy atom. The summed E-state index contributed by atoms with van der Waals surface area (Å²) in [6.45, 7) is 0.522. The van der Waals surface area contributed by atoms with E-state index in [1.165, 1.54) is 0 Å². The van der Waals surface area contributed by atoms with Crippen LogP contribution in [0.1, 0.15) is 11.1 Å². The molecule has 104 valence electrons. The van der Waals surface area contributed by atoms with E-state index in [4.69, 9.17) is 22.7 Å². The fourth-order valence-electron chi connectivity index (χ4n) is 1.78. The van der Waals surface area contributed by atoms with E-state index in [1.807, 2.05) is 67.5 Å². The van der Waals surface area contributed by atoms with Crippen molar-refractivity contribution in [3.63, 3.8) is 0 Å². The summed E-state index contributed by atoms with van der Waals surface area (Å²) in [5.41, 5.74) is 8.64. The monoisotopic (exact) mass is 286 g/mol. The van der Waals surface area contributed by atoms with Gasteiger partial charge in [0.1, 0.15) is 17.3 Å². The second-order valence-electron chi connectivity index (χ2n) is 4.74. The summed E-state index contributed by atoms with van der Waals surface area (Å²) < 4.78 is 5.79. The van der Waals surface area contributed by atoms with Gasteiger partial charge in [-0.2, -0.15) is 0 Å². The predicted octanol–water partition coefficient (Wildman–Crippen LogP) is 2.97. The quantitative estimate of drug-likeness (QED) is 0.858. The van der Waals surface area contributed by atoms with Crippen LogP contribution in [0.5, 0.6) is 5.75 Å². The van der Waals surface area contributed by atoms with Crippen molar-refractivity contribution in [3.8, 4) is 5.75 Å². The van der Waals surface area contributed by atoms with Gasteiger partial charge in [-0.25, -0.2) is 0 Å². The smallest absolute Gasteiger partial charge is 0.121 e. The first-order chi connectivity index (χ1) is 9.56. The molecule has 2 aromatic rings. The molecule has 2 rings (SSSR count). The van der Waals surface area contributed by atoms with Gasteiger partial charge in [-0.3, -0.25) is 0 Å². The van der Waals surface area contributed by atoms with Crippen molar-refractivity contribution in [2.75, 3.05) is 19.0 Å². The molecule has 0 aliphatic heterocycles. The normalized spacial score (nSPS) is 10.1. The lowest BCUT2D eigenvalue weighted by Crippen LogP contribution is -2.09. The molecule has 0 saturated carbocycles. The molecule has 0 aliphatic carbocycles. The number of rotatable bonds is 5. The average Bonchev–Trinajstić information content (AvgIpc) is 2.46. The maximum absolute atomic E-state index is 5.79. The van der Waals surface area contributed by atoms with E-state index in [-0.39, 0.29) is 0 Å². The Labute approximate surface area is 125 Å². The zero-order valence-electron chi connectivity index (χ0n) is 11.7. The Hall–Kier alpha value is -2.07. The zero-order chi connectivity index (χ0) is 14.5. The number of benzene rings is 2. The fourth-order valence-corrected chi connectivity index (χ4v) is 1.92. The molecule has 2 N–H and O–H groups in total. The van der Waals surface area contributed by atoms with Crippen molar-refractivity contribution in [1.29, 1.82) is 0 Å². The van der Waals surface area contributed by atoms with Crippen LogP contribution in [0.2, 0.25) is 0 Å². The van der Waals surface area contributed by atoms with Crippen LogP contribution in [-0.2, 0) is 6.61 Å². The van der Waals surface area contributed by atoms with Crippen LogP contribution in [-0.4, -0.2) is 19.1 Å². The van der Waals surface area contributed by atoms with Crippen LogP contribution >= 0.6 is 12.2 Å². The number of anilines is 1. The molecule has 0 radical (unpaired) electrons. The van der Waals surface area contributed by atoms with E-state index in [0.717, 1.165) is 22.6 Å². The van der Waals surface area contributed by atoms with Crippen molar-refractivity contribution < 1.29 is 4.74 Å². The Morgan fingerprint density at radius 3 is 2.45 bits per heavy atom. The van der Waals surface area contributed by atoms with E-state index < -0.39 is 0 Å². The lowest BCUT2D eigenvalue weighted by Gasteiger charge is -2.14. The number of nitrogens with two attached hydrogens (primary N) is 1. The summed E-state index contributed by atoms with van der Waals surface area (Å²) in [6, 6.07) is 15.8. The number of nitrogens with zero attached hydrogens (tertiary/aromatic N) is 1. The summed E-state index contributed by atoms with van der Waals surface area (Å²) >= 11 is 4.93. The maximum Gasteiger partial charge on any atom is 0.121 e. The zero-order valence-corrected chi connectivity index (χ0v) is 12.5. The molecule has 3 nitrogen and oxygen atoms in total. The molecule has 0 amide bonds. The number of hydrogen-bond acceptors (Lipinski definition) is 3. The minimum Gasteiger partial charge on any atom is -0.489 e. The van der Waals surface area contributed by atoms with Gasteiger partial charge in [0.2, 0.25) is 0 Å². The van der Waals surface area contributed by atoms with Crippen LogP contribution in [0.15, 0.2) is 48.5 Å². The molecule has 0 fully saturated rings. The molecular formula is C16H18N2OS. The molecule has 0 aliphatic rings. The number of hydrogen-bond donors (Lipinski definition) is 1. The van der Waals surface area contributed by atoms with Gasteiger partial charge in [0.15, 0.2) is 0 Å². The van der Waals surface area contributed by atoms with E-state index in [0.29, 0.717) is 11.6 Å². The van der Waals surface area contributed by atoms with Crippen molar-refractivity contribution in [2.24, 2.45) is 5.73 Å². The number of ether oxygens (including phenoxy) is 1. The van der Waals surface area contributed by atoms with Crippen LogP contribution in [0.25, 0.3) is 0 Å². The second kappa shape index (κ2) is 6.39. The molecule has 0 atom stereocenters. The van der Waals surface area contributed by atoms with Gasteiger partial charge in [0, 0.05) is 31.4 Å². The van der Waals surface area contributed by atoms with Crippen molar-refractivity contribution in [3.05, 3.63) is 59.7 Å². The Morgan fingerprint density at radius 2 is 1.85 bits per heavy atom. The van der Waals surface area contributed by atoms with Gasteiger partial charge < -0.3 is 15.4 Å². The standard InChI is InChI=1S/C16H18N2OS/c1-18(2)14-4-3-5-15(10-14)19-11-12-6-8-13(9-7-12)16(17)20/h3-10H,11H2,1-2H3,(H2,17,20). The lowest BCUT2D eigenvalue weighted by molar-refractivity contribution is 0.306. The van der Waals surface area contributed by atoms with Crippen LogP contribution in [0.3, 0.4) is 0 Å². The van der Waals surface area contributed by atoms with Gasteiger partial charge in [0.05, 0.1) is 0 Å². The minimum atomic E-state index is 0.413. The highest BCUT2D eigenvalue weighted by molar-refractivity contribution is 7.80. The molecule has 0 saturated heterocycles. The van der Waals surface area contributed by atoms with Gasteiger partial charge in [0.25, 0.3) is 0 Å². The first-order valence-corrected chi connectivity index (χ1v) is 6.76. The van der Waals surface area contributed by atoms with Crippen LogP contribution in [0, 0.1) is 0 Å². The van der Waals surface area contributed by atoms with E-state index in [9.17, 15) is 0 Å². The van der Waals surface area contributed by atoms with E-state index >= 15 is 0 Å². The Bertz CT molecular complexity index is 594. The van der Waals surface area contributed by atoms with Crippen LogP contribution < -0.4 is 15.4 Å². The van der Waals surface area contributed by atoms with E-state index in [2.05, 4.69) is 0 Å². The highest BCUT2D eigenvalue weighted by Crippen LogP contribution is 2.20. The Kier molecular flexibility index (Phi) is 4.58. The molecule has 2 aromatic carbocycles. The van der Waals surface area contributed by atoms with E-state index in [1.54, 1.807) is 0 Å². The summed E-state index contributed by atoms with van der Waals surface area (Å²) in [5.74, 6) is 0.856. The molecular weight excluding hydrogens is 268 g/mol. The van der Waals surface area contributed by atoms with Crippen LogP contribution in [0.4, 0.5) is 5.69 Å². The topological polar surface area (TPSA) is 38.5 Å². The van der Waals surface area contributed by atoms with Crippen molar-refractivity contribution in [2.45, 2.75) is 6.61 Å². The Balaban J connectivity index is 2.01. The molecule has 0 bridgehead atoms. The average molecular weight is 286 g/mol. The highest BCUT2D eigenvalue weighted by Gasteiger charge is 2.01. The first kappa shape index (κ1) is 14.3. The third kappa shape index (κ3) is 3.71. The van der Waals surface area contributed by atoms with Gasteiger partial charge in [-0.1, -0.05) is 42.5 Å². The summed E-state index contributed by atoms with van der Waals surface area (Å²) in [4.78, 5) is 2.46. The molecule has 20 heavy (non-hydrogen) atoms. The van der Waals surface area contributed by atoms with Gasteiger partial charge in [-0.05, 0) is 17.7 Å². The molecule has 0 aromatic heterocycles. The maximum atomic E-state index is 5.79. The van der Waals surface area contributed by atoms with Crippen molar-refractivity contribution in [1.82, 2.24) is 0 Å². The summed E-state index contributed by atoms with van der Waals surface area (Å²) in [5, 5.41) is 0. The SMILES string of the molecule is CN(C)c1cccc(OCc2ccc(C(N)=S)cc2)c1. The van der Waals surface area contributed by atoms with Crippen molar-refractivity contribution >= 4 is 22.9 Å². The number of thiocarbonyl (C=S) groups is 1. The first-order valence-electron chi connectivity index (χ1n) is 6.35. The molecule has 4 heteroatoms.